The van der Waals surface area contributed by atoms with E-state index in [-0.39, 0.29) is 19.4 Å². The Morgan fingerprint density at radius 1 is 0.631 bits per heavy atom. The van der Waals surface area contributed by atoms with Gasteiger partial charge in [0.15, 0.2) is 12.4 Å². The number of aliphatic hydroxyl groups excluding tert-OH is 5. The van der Waals surface area contributed by atoms with Crippen molar-refractivity contribution in [3.8, 4) is 0 Å². The molecule has 1 rings (SSSR count). The number of esters is 1. The van der Waals surface area contributed by atoms with Crippen molar-refractivity contribution in [1.82, 2.24) is 5.32 Å². The van der Waals surface area contributed by atoms with Crippen molar-refractivity contribution in [2.45, 2.75) is 217 Å². The van der Waals surface area contributed by atoms with Crippen molar-refractivity contribution in [3.05, 3.63) is 97.2 Å². The second-order valence-corrected chi connectivity index (χ2v) is 16.9. The van der Waals surface area contributed by atoms with Gasteiger partial charge in [-0.2, -0.15) is 0 Å². The molecule has 0 spiro atoms. The van der Waals surface area contributed by atoms with E-state index in [4.69, 9.17) is 14.2 Å². The van der Waals surface area contributed by atoms with Crippen molar-refractivity contribution in [2.24, 2.45) is 0 Å². The highest BCUT2D eigenvalue weighted by Crippen LogP contribution is 2.26. The fraction of sp³-hybridized carbons (Fsp3) is 0.667. The van der Waals surface area contributed by atoms with E-state index in [0.29, 0.717) is 19.3 Å². The molecule has 0 aromatic rings. The number of carbonyl (C=O) groups is 2. The highest BCUT2D eigenvalue weighted by atomic mass is 16.7. The van der Waals surface area contributed by atoms with Gasteiger partial charge in [0.05, 0.1) is 25.4 Å². The van der Waals surface area contributed by atoms with Crippen molar-refractivity contribution in [3.63, 3.8) is 0 Å². The Morgan fingerprint density at radius 2 is 1.17 bits per heavy atom. The smallest absolute Gasteiger partial charge is 0.306 e. The van der Waals surface area contributed by atoms with Crippen LogP contribution in [0.3, 0.4) is 0 Å². The molecule has 6 N–H and O–H groups in total. The van der Waals surface area contributed by atoms with Gasteiger partial charge in [0.1, 0.15) is 24.4 Å². The fourth-order valence-electron chi connectivity index (χ4n) is 7.07. The number of aliphatic hydroxyl groups is 5. The van der Waals surface area contributed by atoms with Crippen LogP contribution in [-0.4, -0.2) is 99.6 Å². The van der Waals surface area contributed by atoms with Crippen LogP contribution in [0.5, 0.6) is 0 Å². The molecule has 8 unspecified atom stereocenters. The first-order valence-corrected chi connectivity index (χ1v) is 25.1. The number of hydrogen-bond donors (Lipinski definition) is 6. The lowest BCUT2D eigenvalue weighted by Crippen LogP contribution is -2.61. The number of ether oxygens (including phenoxy) is 3. The van der Waals surface area contributed by atoms with Crippen molar-refractivity contribution < 1.29 is 49.3 Å². The van der Waals surface area contributed by atoms with E-state index < -0.39 is 67.4 Å². The van der Waals surface area contributed by atoms with E-state index in [2.05, 4.69) is 44.3 Å². The maximum atomic E-state index is 13.2. The summed E-state index contributed by atoms with van der Waals surface area (Å²) in [7, 11) is 0. The zero-order valence-corrected chi connectivity index (χ0v) is 40.3. The Morgan fingerprint density at radius 3 is 1.77 bits per heavy atom. The van der Waals surface area contributed by atoms with Gasteiger partial charge in [-0.15, -0.1) is 0 Å². The van der Waals surface area contributed by atoms with Crippen molar-refractivity contribution in [1.29, 1.82) is 0 Å². The Kier molecular flexibility index (Phi) is 38.5. The summed E-state index contributed by atoms with van der Waals surface area (Å²) < 4.78 is 17.4. The first-order valence-electron chi connectivity index (χ1n) is 25.1. The third kappa shape index (κ3) is 31.2. The molecular weight excluding hydrogens is 823 g/mol. The summed E-state index contributed by atoms with van der Waals surface area (Å²) in [5, 5.41) is 56.3. The normalized spacial score (nSPS) is 21.1. The number of carbonyl (C=O) groups excluding carboxylic acids is 2. The summed E-state index contributed by atoms with van der Waals surface area (Å²) in [4.78, 5) is 26.2. The van der Waals surface area contributed by atoms with E-state index >= 15 is 0 Å². The molecular formula is C54H89NO10. The highest BCUT2D eigenvalue weighted by molar-refractivity contribution is 5.81. The van der Waals surface area contributed by atoms with Gasteiger partial charge < -0.3 is 45.1 Å². The summed E-state index contributed by atoms with van der Waals surface area (Å²) in [6.45, 7) is 5.49. The maximum absolute atomic E-state index is 13.2. The summed E-state index contributed by atoms with van der Waals surface area (Å²) in [5.74, 6) is -1.36. The molecule has 8 atom stereocenters. The third-order valence-electron chi connectivity index (χ3n) is 11.1. The topological polar surface area (TPSA) is 175 Å². The van der Waals surface area contributed by atoms with Crippen LogP contribution in [0.4, 0.5) is 0 Å². The van der Waals surface area contributed by atoms with Crippen LogP contribution >= 0.6 is 0 Å². The largest absolute Gasteiger partial charge is 0.454 e. The maximum Gasteiger partial charge on any atom is 0.306 e. The predicted molar refractivity (Wildman–Crippen MR) is 264 cm³/mol. The van der Waals surface area contributed by atoms with Crippen molar-refractivity contribution in [2.75, 3.05) is 13.2 Å². The quantitative estimate of drug-likeness (QED) is 0.0151. The van der Waals surface area contributed by atoms with Crippen LogP contribution in [0, 0.1) is 0 Å². The number of nitrogens with one attached hydrogen (secondary N) is 1. The molecule has 1 fully saturated rings. The molecule has 1 aliphatic heterocycles. The van der Waals surface area contributed by atoms with Crippen LogP contribution in [0.25, 0.3) is 0 Å². The molecule has 1 heterocycles. The highest BCUT2D eigenvalue weighted by Gasteiger charge is 2.47. The molecule has 11 nitrogen and oxygen atoms in total. The number of hydrogen-bond acceptors (Lipinski definition) is 10. The molecule has 0 saturated carbocycles. The van der Waals surface area contributed by atoms with Gasteiger partial charge in [-0.1, -0.05) is 201 Å². The lowest BCUT2D eigenvalue weighted by atomic mass is 9.99. The molecule has 0 aromatic heterocycles. The molecule has 0 aliphatic carbocycles. The van der Waals surface area contributed by atoms with E-state index in [1.54, 1.807) is 12.2 Å². The standard InChI is InChI=1S/C54H89NO10/c1-4-7-10-13-16-19-22-24-27-30-33-36-39-42-49(59)65-52-51(61)50(60)48(43-56)64-54(52)63-44-45(46(57)40-37-34-31-28-25-21-18-15-12-9-6-3)55-53(62)47(58)41-38-35-32-29-26-23-20-17-14-11-8-5-2/h7,10,13,16,19,22,24,26-27,29-30,33,35,37-38,40,45-48,50-52,54,56-58,60-61H,4-6,8-9,11-12,14-15,17-18,20-21,23,25,28,31-32,34,36,39,41-44H2,1-3H3,(H,55,62)/b10-7+,16-13+,22-19-,27-24-,29-26-,33-30+,38-35+,40-37+. The molecule has 1 amide bonds. The molecule has 0 radical (unpaired) electrons. The molecule has 1 aliphatic rings. The first-order chi connectivity index (χ1) is 31.7. The lowest BCUT2D eigenvalue weighted by molar-refractivity contribution is -0.305. The average Bonchev–Trinajstić information content (AvgIpc) is 3.30. The summed E-state index contributed by atoms with van der Waals surface area (Å²) in [6.07, 6.45) is 43.6. The number of allylic oxidation sites excluding steroid dienone is 14. The summed E-state index contributed by atoms with van der Waals surface area (Å²) in [5.41, 5.74) is 0. The zero-order chi connectivity index (χ0) is 47.6. The second-order valence-electron chi connectivity index (χ2n) is 16.9. The average molecular weight is 912 g/mol. The zero-order valence-electron chi connectivity index (χ0n) is 40.3. The lowest BCUT2D eigenvalue weighted by Gasteiger charge is -2.41. The van der Waals surface area contributed by atoms with Crippen molar-refractivity contribution >= 4 is 11.9 Å². The SMILES string of the molecule is CC/C=C/C=C/C=C\C=C/C=C/CCCC(=O)OC1C(OCC(NC(=O)C(O)C/C=C/C/C=C\CCCCCCCC)C(O)/C=C/CCCCCCCCCCC)OC(CO)C(O)C1O. The monoisotopic (exact) mass is 912 g/mol. The third-order valence-corrected chi connectivity index (χ3v) is 11.1. The van der Waals surface area contributed by atoms with Crippen LogP contribution in [-0.2, 0) is 23.8 Å². The number of amides is 1. The summed E-state index contributed by atoms with van der Waals surface area (Å²) >= 11 is 0. The minimum Gasteiger partial charge on any atom is -0.454 e. The van der Waals surface area contributed by atoms with Crippen LogP contribution in [0.1, 0.15) is 168 Å². The van der Waals surface area contributed by atoms with Gasteiger partial charge in [0.25, 0.3) is 0 Å². The first kappa shape index (κ1) is 59.6. The number of unbranched alkanes of at least 4 members (excludes halogenated alkanes) is 16. The summed E-state index contributed by atoms with van der Waals surface area (Å²) in [6, 6.07) is -1.07. The van der Waals surface area contributed by atoms with Crippen LogP contribution < -0.4 is 5.32 Å². The van der Waals surface area contributed by atoms with Gasteiger partial charge in [-0.3, -0.25) is 9.59 Å². The second kappa shape index (κ2) is 42.0. The van der Waals surface area contributed by atoms with E-state index in [9.17, 15) is 35.1 Å². The van der Waals surface area contributed by atoms with Gasteiger partial charge >= 0.3 is 5.97 Å². The molecule has 11 heteroatoms. The Labute approximate surface area is 393 Å². The Balaban J connectivity index is 2.90. The van der Waals surface area contributed by atoms with Gasteiger partial charge in [-0.25, -0.2) is 0 Å². The van der Waals surface area contributed by atoms with Crippen LogP contribution in [0.2, 0.25) is 0 Å². The van der Waals surface area contributed by atoms with E-state index in [0.717, 1.165) is 38.5 Å². The predicted octanol–water partition coefficient (Wildman–Crippen LogP) is 10.0. The molecule has 1 saturated heterocycles. The van der Waals surface area contributed by atoms with Gasteiger partial charge in [-0.05, 0) is 51.4 Å². The van der Waals surface area contributed by atoms with Crippen LogP contribution in [0.15, 0.2) is 97.2 Å². The fourth-order valence-corrected chi connectivity index (χ4v) is 7.07. The Bertz CT molecular complexity index is 1420. The number of rotatable bonds is 39. The minimum absolute atomic E-state index is 0.0163. The van der Waals surface area contributed by atoms with E-state index in [1.165, 1.54) is 77.0 Å². The van der Waals surface area contributed by atoms with Gasteiger partial charge in [0.2, 0.25) is 5.91 Å². The van der Waals surface area contributed by atoms with E-state index in [1.807, 2.05) is 66.8 Å². The molecule has 370 valence electrons. The molecule has 65 heavy (non-hydrogen) atoms. The minimum atomic E-state index is -1.65. The molecule has 0 bridgehead atoms. The Hall–Kier alpha value is -3.42. The van der Waals surface area contributed by atoms with Gasteiger partial charge in [0, 0.05) is 12.8 Å². The molecule has 0 aromatic carbocycles.